The number of aromatic nitrogens is 1. The molecule has 1 amide bonds. The smallest absolute Gasteiger partial charge is 0.290 e. The van der Waals surface area contributed by atoms with E-state index in [2.05, 4.69) is 4.98 Å². The standard InChI is InChI=1S/C22H22N2O3/c1-16-14-18(15-26-17-8-3-2-4-9-17)27-21(16)22(25)24-13-7-11-20(24)19-10-5-6-12-23-19/h2-6,8-10,12,14,20H,7,11,13,15H2,1H3/t20-/m0/s1. The normalized spacial score (nSPS) is 16.5. The molecule has 0 spiro atoms. The van der Waals surface area contributed by atoms with E-state index in [0.717, 1.165) is 36.4 Å². The zero-order valence-electron chi connectivity index (χ0n) is 15.3. The molecule has 27 heavy (non-hydrogen) atoms. The van der Waals surface area contributed by atoms with E-state index in [9.17, 15) is 4.79 Å². The number of likely N-dealkylation sites (tertiary alicyclic amines) is 1. The van der Waals surface area contributed by atoms with Crippen molar-refractivity contribution >= 4 is 5.91 Å². The highest BCUT2D eigenvalue weighted by Gasteiger charge is 2.33. The number of ether oxygens (including phenoxy) is 1. The van der Waals surface area contributed by atoms with Crippen molar-refractivity contribution in [1.82, 2.24) is 9.88 Å². The maximum atomic E-state index is 13.1. The van der Waals surface area contributed by atoms with Crippen molar-refractivity contribution in [2.24, 2.45) is 0 Å². The van der Waals surface area contributed by atoms with Gasteiger partial charge in [-0.05, 0) is 50.1 Å². The highest BCUT2D eigenvalue weighted by Crippen LogP contribution is 2.33. The largest absolute Gasteiger partial charge is 0.486 e. The predicted molar refractivity (Wildman–Crippen MR) is 101 cm³/mol. The lowest BCUT2D eigenvalue weighted by atomic mass is 10.1. The summed E-state index contributed by atoms with van der Waals surface area (Å²) < 4.78 is 11.6. The molecule has 0 unspecified atom stereocenters. The van der Waals surface area contributed by atoms with Crippen molar-refractivity contribution in [3.63, 3.8) is 0 Å². The molecule has 3 heterocycles. The molecule has 0 N–H and O–H groups in total. The number of nitrogens with zero attached hydrogens (tertiary/aromatic N) is 2. The number of hydrogen-bond acceptors (Lipinski definition) is 4. The van der Waals surface area contributed by atoms with Gasteiger partial charge in [-0.15, -0.1) is 0 Å². The van der Waals surface area contributed by atoms with Gasteiger partial charge < -0.3 is 14.1 Å². The van der Waals surface area contributed by atoms with E-state index in [1.165, 1.54) is 0 Å². The van der Waals surface area contributed by atoms with E-state index in [1.54, 1.807) is 6.20 Å². The fourth-order valence-electron chi connectivity index (χ4n) is 3.52. The van der Waals surface area contributed by atoms with Crippen molar-refractivity contribution in [1.29, 1.82) is 0 Å². The van der Waals surface area contributed by atoms with Crippen LogP contribution in [0.25, 0.3) is 0 Å². The highest BCUT2D eigenvalue weighted by atomic mass is 16.5. The van der Waals surface area contributed by atoms with Gasteiger partial charge in [0, 0.05) is 18.3 Å². The maximum absolute atomic E-state index is 13.1. The summed E-state index contributed by atoms with van der Waals surface area (Å²) in [7, 11) is 0. The molecule has 2 aromatic heterocycles. The molecule has 5 heteroatoms. The summed E-state index contributed by atoms with van der Waals surface area (Å²) >= 11 is 0. The zero-order valence-corrected chi connectivity index (χ0v) is 15.3. The van der Waals surface area contributed by atoms with Gasteiger partial charge in [0.15, 0.2) is 5.76 Å². The topological polar surface area (TPSA) is 55.6 Å². The number of furan rings is 1. The monoisotopic (exact) mass is 362 g/mol. The molecule has 3 aromatic rings. The number of carbonyl (C=O) groups excluding carboxylic acids is 1. The van der Waals surface area contributed by atoms with Crippen molar-refractivity contribution in [2.75, 3.05) is 6.54 Å². The zero-order chi connectivity index (χ0) is 18.6. The molecule has 1 saturated heterocycles. The summed E-state index contributed by atoms with van der Waals surface area (Å²) in [5.74, 6) is 1.73. The Balaban J connectivity index is 1.49. The van der Waals surface area contributed by atoms with Crippen molar-refractivity contribution in [3.8, 4) is 5.75 Å². The van der Waals surface area contributed by atoms with Crippen molar-refractivity contribution in [3.05, 3.63) is 83.6 Å². The van der Waals surface area contributed by atoms with E-state index in [-0.39, 0.29) is 11.9 Å². The SMILES string of the molecule is Cc1cc(COc2ccccc2)oc1C(=O)N1CCC[C@H]1c1ccccn1. The van der Waals surface area contributed by atoms with Crippen LogP contribution >= 0.6 is 0 Å². The Kier molecular flexibility index (Phi) is 4.92. The first kappa shape index (κ1) is 17.3. The Bertz CT molecular complexity index is 906. The average Bonchev–Trinajstić information content (AvgIpc) is 3.34. The summed E-state index contributed by atoms with van der Waals surface area (Å²) in [6.07, 6.45) is 3.66. The fraction of sp³-hybridized carbons (Fsp3) is 0.273. The van der Waals surface area contributed by atoms with Crippen LogP contribution in [0.15, 0.2) is 65.2 Å². The fourth-order valence-corrected chi connectivity index (χ4v) is 3.52. The van der Waals surface area contributed by atoms with E-state index in [4.69, 9.17) is 9.15 Å². The van der Waals surface area contributed by atoms with Gasteiger partial charge in [0.2, 0.25) is 0 Å². The third-order valence-electron chi connectivity index (χ3n) is 4.83. The van der Waals surface area contributed by atoms with Crippen LogP contribution in [0, 0.1) is 6.92 Å². The minimum absolute atomic E-state index is 0.00668. The van der Waals surface area contributed by atoms with Crippen LogP contribution in [-0.4, -0.2) is 22.3 Å². The first-order valence-corrected chi connectivity index (χ1v) is 9.21. The second kappa shape index (κ2) is 7.66. The van der Waals surface area contributed by atoms with E-state index >= 15 is 0 Å². The van der Waals surface area contributed by atoms with Gasteiger partial charge in [0.1, 0.15) is 18.1 Å². The molecular weight excluding hydrogens is 340 g/mol. The molecule has 0 saturated carbocycles. The minimum Gasteiger partial charge on any atom is -0.486 e. The number of carbonyl (C=O) groups is 1. The molecular formula is C22H22N2O3. The Morgan fingerprint density at radius 2 is 2.04 bits per heavy atom. The molecule has 1 aliphatic heterocycles. The second-order valence-electron chi connectivity index (χ2n) is 6.74. The lowest BCUT2D eigenvalue weighted by Gasteiger charge is -2.23. The van der Waals surface area contributed by atoms with Gasteiger partial charge >= 0.3 is 0 Å². The van der Waals surface area contributed by atoms with Crippen LogP contribution in [0.1, 0.15) is 46.5 Å². The molecule has 4 rings (SSSR count). The molecule has 1 aromatic carbocycles. The molecule has 5 nitrogen and oxygen atoms in total. The molecule has 1 atom stereocenters. The van der Waals surface area contributed by atoms with Gasteiger partial charge in [-0.25, -0.2) is 0 Å². The summed E-state index contributed by atoms with van der Waals surface area (Å²) in [6, 6.07) is 17.3. The number of hydrogen-bond donors (Lipinski definition) is 0. The Hall–Kier alpha value is -3.08. The number of aryl methyl sites for hydroxylation is 1. The average molecular weight is 362 g/mol. The first-order valence-electron chi connectivity index (χ1n) is 9.21. The van der Waals surface area contributed by atoms with Crippen LogP contribution < -0.4 is 4.74 Å². The maximum Gasteiger partial charge on any atom is 0.290 e. The summed E-state index contributed by atoms with van der Waals surface area (Å²) in [5.41, 5.74) is 1.76. The third kappa shape index (κ3) is 3.72. The molecule has 1 fully saturated rings. The van der Waals surface area contributed by atoms with Crippen LogP contribution in [0.3, 0.4) is 0 Å². The van der Waals surface area contributed by atoms with Crippen LogP contribution in [0.5, 0.6) is 5.75 Å². The molecule has 0 radical (unpaired) electrons. The number of para-hydroxylation sites is 1. The van der Waals surface area contributed by atoms with Gasteiger partial charge in [-0.2, -0.15) is 0 Å². The quantitative estimate of drug-likeness (QED) is 0.669. The van der Waals surface area contributed by atoms with Gasteiger partial charge in [-0.3, -0.25) is 9.78 Å². The number of rotatable bonds is 5. The Labute approximate surface area is 158 Å². The van der Waals surface area contributed by atoms with E-state index in [1.807, 2.05) is 66.4 Å². The third-order valence-corrected chi connectivity index (χ3v) is 4.83. The van der Waals surface area contributed by atoms with Crippen molar-refractivity contribution in [2.45, 2.75) is 32.4 Å². The van der Waals surface area contributed by atoms with Gasteiger partial charge in [-0.1, -0.05) is 24.3 Å². The second-order valence-corrected chi connectivity index (χ2v) is 6.74. The van der Waals surface area contributed by atoms with Crippen LogP contribution in [-0.2, 0) is 6.61 Å². The molecule has 1 aliphatic rings. The number of benzene rings is 1. The van der Waals surface area contributed by atoms with Gasteiger partial charge in [0.05, 0.1) is 11.7 Å². The van der Waals surface area contributed by atoms with E-state index in [0.29, 0.717) is 18.1 Å². The molecule has 0 aliphatic carbocycles. The number of amides is 1. The summed E-state index contributed by atoms with van der Waals surface area (Å²) in [4.78, 5) is 19.4. The predicted octanol–water partition coefficient (Wildman–Crippen LogP) is 4.54. The lowest BCUT2D eigenvalue weighted by molar-refractivity contribution is 0.0695. The summed E-state index contributed by atoms with van der Waals surface area (Å²) in [6.45, 7) is 2.91. The molecule has 138 valence electrons. The summed E-state index contributed by atoms with van der Waals surface area (Å²) in [5, 5.41) is 0. The number of pyridine rings is 1. The van der Waals surface area contributed by atoms with Crippen LogP contribution in [0.2, 0.25) is 0 Å². The highest BCUT2D eigenvalue weighted by molar-refractivity contribution is 5.93. The van der Waals surface area contributed by atoms with Gasteiger partial charge in [0.25, 0.3) is 5.91 Å². The van der Waals surface area contributed by atoms with Crippen molar-refractivity contribution < 1.29 is 13.9 Å². The van der Waals surface area contributed by atoms with Crippen LogP contribution in [0.4, 0.5) is 0 Å². The first-order chi connectivity index (χ1) is 13.2. The Morgan fingerprint density at radius 1 is 1.22 bits per heavy atom. The van der Waals surface area contributed by atoms with E-state index < -0.39 is 0 Å². The minimum atomic E-state index is -0.0772. The molecule has 0 bridgehead atoms. The lowest BCUT2D eigenvalue weighted by Crippen LogP contribution is -2.31. The Morgan fingerprint density at radius 3 is 2.81 bits per heavy atom.